The van der Waals surface area contributed by atoms with Gasteiger partial charge in [-0.2, -0.15) is 5.10 Å². The minimum absolute atomic E-state index is 0.329. The highest BCUT2D eigenvalue weighted by Gasteiger charge is 2.42. The Morgan fingerprint density at radius 2 is 1.81 bits per heavy atom. The van der Waals surface area contributed by atoms with Crippen LogP contribution in [-0.2, 0) is 12.8 Å². The van der Waals surface area contributed by atoms with Gasteiger partial charge in [-0.25, -0.2) is 4.79 Å². The maximum Gasteiger partial charge on any atom is 0.339 e. The van der Waals surface area contributed by atoms with Crippen LogP contribution in [0.2, 0.25) is 0 Å². The molecule has 5 heteroatoms. The van der Waals surface area contributed by atoms with E-state index in [0.29, 0.717) is 42.1 Å². The van der Waals surface area contributed by atoms with E-state index in [4.69, 9.17) is 0 Å². The van der Waals surface area contributed by atoms with Gasteiger partial charge in [0.2, 0.25) is 0 Å². The molecule has 2 N–H and O–H groups in total. The van der Waals surface area contributed by atoms with Crippen molar-refractivity contribution in [2.45, 2.75) is 58.4 Å². The third-order valence-corrected chi connectivity index (χ3v) is 4.62. The van der Waals surface area contributed by atoms with Gasteiger partial charge in [-0.1, -0.05) is 13.8 Å². The fraction of sp³-hybridized carbons (Fsp3) is 0.688. The van der Waals surface area contributed by atoms with E-state index in [1.54, 1.807) is 0 Å². The van der Waals surface area contributed by atoms with E-state index < -0.39 is 5.97 Å². The summed E-state index contributed by atoms with van der Waals surface area (Å²) < 4.78 is 0. The topological polar surface area (TPSA) is 75.1 Å². The Morgan fingerprint density at radius 1 is 1.19 bits per heavy atom. The first-order valence-corrected chi connectivity index (χ1v) is 8.03. The molecule has 1 aromatic heterocycles. The number of hydrogen-bond acceptors (Lipinski definition) is 4. The number of nitrogens with zero attached hydrogens (tertiary/aromatic N) is 2. The van der Waals surface area contributed by atoms with Gasteiger partial charge in [-0.3, -0.25) is 0 Å². The van der Waals surface area contributed by atoms with Crippen LogP contribution >= 0.6 is 0 Å². The van der Waals surface area contributed by atoms with E-state index in [1.807, 2.05) is 13.8 Å². The van der Waals surface area contributed by atoms with Gasteiger partial charge in [0.15, 0.2) is 5.82 Å². The predicted molar refractivity (Wildman–Crippen MR) is 80.6 cm³/mol. The van der Waals surface area contributed by atoms with Crippen LogP contribution in [-0.4, -0.2) is 27.3 Å². The summed E-state index contributed by atoms with van der Waals surface area (Å²) in [6.45, 7) is 3.96. The lowest BCUT2D eigenvalue weighted by atomic mass is 10.0. The Morgan fingerprint density at radius 3 is 2.24 bits per heavy atom. The summed E-state index contributed by atoms with van der Waals surface area (Å²) in [5, 5.41) is 21.5. The van der Waals surface area contributed by atoms with Crippen molar-refractivity contribution in [1.82, 2.24) is 10.2 Å². The average molecular weight is 289 g/mol. The largest absolute Gasteiger partial charge is 0.478 e. The van der Waals surface area contributed by atoms with E-state index in [9.17, 15) is 9.90 Å². The number of aromatic carboxylic acids is 1. The molecule has 0 amide bonds. The number of aryl methyl sites for hydroxylation is 1. The van der Waals surface area contributed by atoms with Gasteiger partial charge in [0.1, 0.15) is 5.56 Å². The molecule has 0 aliphatic heterocycles. The number of carboxylic acids is 1. The number of carbonyl (C=O) groups is 1. The molecule has 2 fully saturated rings. The number of rotatable bonds is 7. The molecule has 3 rings (SSSR count). The third kappa shape index (κ3) is 2.87. The molecule has 5 nitrogen and oxygen atoms in total. The Kier molecular flexibility index (Phi) is 3.83. The zero-order chi connectivity index (χ0) is 15.0. The van der Waals surface area contributed by atoms with E-state index in [0.717, 1.165) is 11.3 Å². The maximum absolute atomic E-state index is 11.7. The number of aromatic nitrogens is 2. The number of carboxylic acid groups (broad SMARTS) is 1. The molecule has 1 heterocycles. The van der Waals surface area contributed by atoms with E-state index in [2.05, 4.69) is 15.5 Å². The highest BCUT2D eigenvalue weighted by molar-refractivity contribution is 5.95. The van der Waals surface area contributed by atoms with Crippen LogP contribution in [0.25, 0.3) is 0 Å². The van der Waals surface area contributed by atoms with Gasteiger partial charge in [-0.05, 0) is 55.9 Å². The van der Waals surface area contributed by atoms with Gasteiger partial charge in [0.05, 0.1) is 5.69 Å². The minimum atomic E-state index is -0.899. The van der Waals surface area contributed by atoms with Crippen molar-refractivity contribution in [1.29, 1.82) is 0 Å². The Bertz CT molecular complexity index is 539. The molecular formula is C16H23N3O2. The maximum atomic E-state index is 11.7. The summed E-state index contributed by atoms with van der Waals surface area (Å²) >= 11 is 0. The molecule has 114 valence electrons. The summed E-state index contributed by atoms with van der Waals surface area (Å²) in [6.07, 6.45) is 6.38. The monoisotopic (exact) mass is 289 g/mol. The Hall–Kier alpha value is -1.65. The molecule has 0 spiro atoms. The van der Waals surface area contributed by atoms with Gasteiger partial charge in [0, 0.05) is 6.04 Å². The van der Waals surface area contributed by atoms with E-state index in [-0.39, 0.29) is 0 Å². The summed E-state index contributed by atoms with van der Waals surface area (Å²) in [5.41, 5.74) is 1.96. The van der Waals surface area contributed by atoms with E-state index in [1.165, 1.54) is 25.7 Å². The summed E-state index contributed by atoms with van der Waals surface area (Å²) in [7, 11) is 0. The molecule has 2 saturated carbocycles. The van der Waals surface area contributed by atoms with Gasteiger partial charge >= 0.3 is 5.97 Å². The minimum Gasteiger partial charge on any atom is -0.478 e. The van der Waals surface area contributed by atoms with Crippen LogP contribution in [0.5, 0.6) is 0 Å². The molecule has 0 radical (unpaired) electrons. The summed E-state index contributed by atoms with van der Waals surface area (Å²) in [4.78, 5) is 11.7. The van der Waals surface area contributed by atoms with Crippen molar-refractivity contribution in [2.24, 2.45) is 11.8 Å². The van der Waals surface area contributed by atoms with Crippen LogP contribution in [0.1, 0.15) is 61.1 Å². The molecule has 0 bridgehead atoms. The predicted octanol–water partition coefficient (Wildman–Crippen LogP) is 2.90. The second kappa shape index (κ2) is 5.62. The van der Waals surface area contributed by atoms with Crippen molar-refractivity contribution in [3.05, 3.63) is 16.8 Å². The van der Waals surface area contributed by atoms with Crippen molar-refractivity contribution in [3.63, 3.8) is 0 Å². The molecule has 2 aliphatic carbocycles. The molecule has 0 saturated heterocycles. The van der Waals surface area contributed by atoms with Crippen molar-refractivity contribution in [2.75, 3.05) is 5.32 Å². The van der Waals surface area contributed by atoms with Crippen LogP contribution in [0.4, 0.5) is 5.82 Å². The van der Waals surface area contributed by atoms with Crippen LogP contribution in [0, 0.1) is 11.8 Å². The second-order valence-electron chi connectivity index (χ2n) is 6.21. The van der Waals surface area contributed by atoms with Crippen molar-refractivity contribution < 1.29 is 9.90 Å². The summed E-state index contributed by atoms with van der Waals surface area (Å²) in [5.74, 6) is 0.957. The summed E-state index contributed by atoms with van der Waals surface area (Å²) in [6, 6.07) is 0.384. The number of nitrogens with one attached hydrogen (secondary N) is 1. The zero-order valence-corrected chi connectivity index (χ0v) is 12.7. The van der Waals surface area contributed by atoms with Gasteiger partial charge in [0.25, 0.3) is 0 Å². The highest BCUT2D eigenvalue weighted by Crippen LogP contribution is 2.46. The first-order valence-electron chi connectivity index (χ1n) is 8.03. The van der Waals surface area contributed by atoms with E-state index >= 15 is 0 Å². The van der Waals surface area contributed by atoms with Crippen LogP contribution in [0.3, 0.4) is 0 Å². The fourth-order valence-electron chi connectivity index (χ4n) is 3.19. The lowest BCUT2D eigenvalue weighted by molar-refractivity contribution is 0.0696. The number of hydrogen-bond donors (Lipinski definition) is 2. The number of anilines is 1. The SMILES string of the molecule is CCc1nnc(NC(C2CC2)C2CC2)c(C(=O)O)c1CC. The first kappa shape index (κ1) is 14.3. The van der Waals surface area contributed by atoms with Crippen LogP contribution < -0.4 is 5.32 Å². The zero-order valence-electron chi connectivity index (χ0n) is 12.7. The van der Waals surface area contributed by atoms with Gasteiger partial charge < -0.3 is 10.4 Å². The first-order chi connectivity index (χ1) is 10.2. The van der Waals surface area contributed by atoms with Crippen LogP contribution in [0.15, 0.2) is 0 Å². The average Bonchev–Trinajstić information content (AvgIpc) is 3.36. The van der Waals surface area contributed by atoms with Crippen molar-refractivity contribution >= 4 is 11.8 Å². The second-order valence-corrected chi connectivity index (χ2v) is 6.21. The lowest BCUT2D eigenvalue weighted by Crippen LogP contribution is -2.27. The van der Waals surface area contributed by atoms with Gasteiger partial charge in [-0.15, -0.1) is 5.10 Å². The molecular weight excluding hydrogens is 266 g/mol. The molecule has 2 aliphatic rings. The normalized spacial score (nSPS) is 18.0. The Labute approximate surface area is 125 Å². The molecule has 21 heavy (non-hydrogen) atoms. The fourth-order valence-corrected chi connectivity index (χ4v) is 3.19. The standard InChI is InChI=1S/C16H23N3O2/c1-3-11-12(4-2)18-19-15(13(11)16(20)21)17-14(9-5-6-9)10-7-8-10/h9-10,14H,3-8H2,1-2H3,(H,17,19)(H,20,21). The lowest BCUT2D eigenvalue weighted by Gasteiger charge is -2.20. The molecule has 0 atom stereocenters. The molecule has 1 aromatic rings. The molecule has 0 aromatic carbocycles. The quantitative estimate of drug-likeness (QED) is 0.807. The van der Waals surface area contributed by atoms with Crippen molar-refractivity contribution in [3.8, 4) is 0 Å². The third-order valence-electron chi connectivity index (χ3n) is 4.62. The highest BCUT2D eigenvalue weighted by atomic mass is 16.4. The Balaban J connectivity index is 1.94. The smallest absolute Gasteiger partial charge is 0.339 e. The molecule has 0 unspecified atom stereocenters.